The molecule has 90 valence electrons. The first-order chi connectivity index (χ1) is 8.15. The molecule has 17 heavy (non-hydrogen) atoms. The van der Waals surface area contributed by atoms with E-state index in [4.69, 9.17) is 14.0 Å². The zero-order valence-electron chi connectivity index (χ0n) is 9.27. The number of furan rings is 1. The summed E-state index contributed by atoms with van der Waals surface area (Å²) >= 11 is 0. The highest BCUT2D eigenvalue weighted by molar-refractivity contribution is 5.84. The number of rotatable bonds is 5. The van der Waals surface area contributed by atoms with Crippen molar-refractivity contribution >= 4 is 5.97 Å². The van der Waals surface area contributed by atoms with Crippen molar-refractivity contribution in [3.05, 3.63) is 41.2 Å². The van der Waals surface area contributed by atoms with Crippen molar-refractivity contribution in [3.8, 4) is 0 Å². The van der Waals surface area contributed by atoms with Crippen LogP contribution in [0.2, 0.25) is 0 Å². The van der Waals surface area contributed by atoms with Crippen molar-refractivity contribution in [3.63, 3.8) is 0 Å². The Morgan fingerprint density at radius 3 is 2.88 bits per heavy atom. The van der Waals surface area contributed by atoms with E-state index in [1.165, 1.54) is 6.07 Å². The second kappa shape index (κ2) is 4.84. The molecular formula is C11H12N2O4. The van der Waals surface area contributed by atoms with E-state index in [0.717, 1.165) is 11.5 Å². The zero-order chi connectivity index (χ0) is 12.3. The van der Waals surface area contributed by atoms with Gasteiger partial charge in [-0.3, -0.25) is 0 Å². The minimum atomic E-state index is -1.07. The molecular weight excluding hydrogens is 224 g/mol. The Hall–Kier alpha value is -2.08. The molecule has 6 nitrogen and oxygen atoms in total. The number of carbonyl (C=O) groups is 1. The first-order valence-electron chi connectivity index (χ1n) is 5.10. The summed E-state index contributed by atoms with van der Waals surface area (Å²) < 4.78 is 9.99. The second-order valence-electron chi connectivity index (χ2n) is 3.60. The van der Waals surface area contributed by atoms with Gasteiger partial charge in [-0.25, -0.2) is 4.79 Å². The molecule has 0 saturated heterocycles. The molecule has 2 rings (SSSR count). The SMILES string of the molecule is Cc1cc(CNCc2ccc(C(=O)O)o2)no1. The lowest BCUT2D eigenvalue weighted by atomic mass is 10.3. The summed E-state index contributed by atoms with van der Waals surface area (Å²) in [5.74, 6) is 0.207. The van der Waals surface area contributed by atoms with E-state index in [1.54, 1.807) is 6.07 Å². The molecule has 0 aliphatic rings. The molecule has 2 aromatic heterocycles. The van der Waals surface area contributed by atoms with Crippen LogP contribution in [0.1, 0.15) is 27.8 Å². The smallest absolute Gasteiger partial charge is 0.371 e. The van der Waals surface area contributed by atoms with Gasteiger partial charge >= 0.3 is 5.97 Å². The summed E-state index contributed by atoms with van der Waals surface area (Å²) in [7, 11) is 0. The molecule has 2 N–H and O–H groups in total. The van der Waals surface area contributed by atoms with Crippen LogP contribution in [0.25, 0.3) is 0 Å². The summed E-state index contributed by atoms with van der Waals surface area (Å²) in [4.78, 5) is 10.6. The number of aromatic carboxylic acids is 1. The lowest BCUT2D eigenvalue weighted by molar-refractivity contribution is 0.0660. The fraction of sp³-hybridized carbons (Fsp3) is 0.273. The standard InChI is InChI=1S/C11H12N2O4/c1-7-4-8(13-17-7)5-12-6-9-2-3-10(16-9)11(14)15/h2-4,12H,5-6H2,1H3,(H,14,15). The monoisotopic (exact) mass is 236 g/mol. The molecule has 0 aromatic carbocycles. The van der Waals surface area contributed by atoms with Gasteiger partial charge in [-0.05, 0) is 19.1 Å². The van der Waals surface area contributed by atoms with Gasteiger partial charge in [-0.2, -0.15) is 0 Å². The Morgan fingerprint density at radius 1 is 1.47 bits per heavy atom. The average Bonchev–Trinajstić information content (AvgIpc) is 2.88. The van der Waals surface area contributed by atoms with Gasteiger partial charge in [0.1, 0.15) is 11.5 Å². The second-order valence-corrected chi connectivity index (χ2v) is 3.60. The lowest BCUT2D eigenvalue weighted by Gasteiger charge is -1.98. The Morgan fingerprint density at radius 2 is 2.29 bits per heavy atom. The van der Waals surface area contributed by atoms with Crippen LogP contribution in [-0.4, -0.2) is 16.2 Å². The van der Waals surface area contributed by atoms with Crippen molar-refractivity contribution in [2.75, 3.05) is 0 Å². The zero-order valence-corrected chi connectivity index (χ0v) is 9.27. The van der Waals surface area contributed by atoms with E-state index >= 15 is 0 Å². The van der Waals surface area contributed by atoms with Crippen LogP contribution < -0.4 is 5.32 Å². The maximum atomic E-state index is 10.6. The lowest BCUT2D eigenvalue weighted by Crippen LogP contribution is -2.12. The van der Waals surface area contributed by atoms with Gasteiger partial charge in [0, 0.05) is 12.6 Å². The van der Waals surface area contributed by atoms with Crippen molar-refractivity contribution in [2.45, 2.75) is 20.0 Å². The largest absolute Gasteiger partial charge is 0.475 e. The van der Waals surface area contributed by atoms with Gasteiger partial charge in [0.15, 0.2) is 0 Å². The molecule has 2 aromatic rings. The molecule has 6 heteroatoms. The Kier molecular flexibility index (Phi) is 3.24. The quantitative estimate of drug-likeness (QED) is 0.819. The summed E-state index contributed by atoms with van der Waals surface area (Å²) in [6.07, 6.45) is 0. The molecule has 0 atom stereocenters. The highest BCUT2D eigenvalue weighted by atomic mass is 16.5. The molecule has 0 bridgehead atoms. The molecule has 0 radical (unpaired) electrons. The van der Waals surface area contributed by atoms with Crippen molar-refractivity contribution in [2.24, 2.45) is 0 Å². The molecule has 0 saturated carbocycles. The van der Waals surface area contributed by atoms with Gasteiger partial charge in [0.05, 0.1) is 12.2 Å². The van der Waals surface area contributed by atoms with E-state index < -0.39 is 5.97 Å². The molecule has 0 unspecified atom stereocenters. The van der Waals surface area contributed by atoms with Crippen LogP contribution in [-0.2, 0) is 13.1 Å². The van der Waals surface area contributed by atoms with E-state index in [-0.39, 0.29) is 5.76 Å². The van der Waals surface area contributed by atoms with E-state index in [0.29, 0.717) is 18.8 Å². The Labute approximate surface area is 97.2 Å². The third-order valence-electron chi connectivity index (χ3n) is 2.15. The first-order valence-corrected chi connectivity index (χ1v) is 5.10. The number of nitrogens with one attached hydrogen (secondary N) is 1. The number of aromatic nitrogens is 1. The number of nitrogens with zero attached hydrogens (tertiary/aromatic N) is 1. The number of carboxylic acids is 1. The highest BCUT2D eigenvalue weighted by Crippen LogP contribution is 2.08. The minimum absolute atomic E-state index is 0.0564. The maximum Gasteiger partial charge on any atom is 0.371 e. The Balaban J connectivity index is 1.83. The summed E-state index contributed by atoms with van der Waals surface area (Å²) in [6, 6.07) is 4.89. The van der Waals surface area contributed by atoms with Crippen LogP contribution in [0.15, 0.2) is 27.1 Å². The van der Waals surface area contributed by atoms with E-state index in [2.05, 4.69) is 10.5 Å². The van der Waals surface area contributed by atoms with Crippen molar-refractivity contribution < 1.29 is 18.8 Å². The fourth-order valence-corrected chi connectivity index (χ4v) is 1.40. The molecule has 0 amide bonds. The Bertz CT molecular complexity index is 515. The topological polar surface area (TPSA) is 88.5 Å². The van der Waals surface area contributed by atoms with Crippen LogP contribution in [0, 0.1) is 6.92 Å². The van der Waals surface area contributed by atoms with Crippen LogP contribution in [0.3, 0.4) is 0 Å². The maximum absolute atomic E-state index is 10.6. The molecule has 2 heterocycles. The number of hydrogen-bond acceptors (Lipinski definition) is 5. The molecule has 0 fully saturated rings. The van der Waals surface area contributed by atoms with Gasteiger partial charge < -0.3 is 19.4 Å². The number of carboxylic acid groups (broad SMARTS) is 1. The van der Waals surface area contributed by atoms with Gasteiger partial charge in [0.25, 0.3) is 0 Å². The summed E-state index contributed by atoms with van der Waals surface area (Å²) in [5, 5.41) is 15.6. The molecule has 0 aliphatic heterocycles. The predicted molar refractivity (Wildman–Crippen MR) is 57.5 cm³/mol. The molecule has 0 spiro atoms. The fourth-order valence-electron chi connectivity index (χ4n) is 1.40. The van der Waals surface area contributed by atoms with Crippen LogP contribution in [0.5, 0.6) is 0 Å². The third kappa shape index (κ3) is 2.94. The normalized spacial score (nSPS) is 10.6. The predicted octanol–water partition coefficient (Wildman–Crippen LogP) is 1.56. The van der Waals surface area contributed by atoms with Gasteiger partial charge in [-0.1, -0.05) is 5.16 Å². The first kappa shape index (κ1) is 11.4. The number of aryl methyl sites for hydroxylation is 1. The van der Waals surface area contributed by atoms with Crippen molar-refractivity contribution in [1.82, 2.24) is 10.5 Å². The van der Waals surface area contributed by atoms with E-state index in [1.807, 2.05) is 13.0 Å². The van der Waals surface area contributed by atoms with Crippen LogP contribution in [0.4, 0.5) is 0 Å². The van der Waals surface area contributed by atoms with Crippen LogP contribution >= 0.6 is 0 Å². The summed E-state index contributed by atoms with van der Waals surface area (Å²) in [6.45, 7) is 2.81. The molecule has 0 aliphatic carbocycles. The van der Waals surface area contributed by atoms with E-state index in [9.17, 15) is 4.79 Å². The number of hydrogen-bond donors (Lipinski definition) is 2. The van der Waals surface area contributed by atoms with Gasteiger partial charge in [0.2, 0.25) is 5.76 Å². The average molecular weight is 236 g/mol. The summed E-state index contributed by atoms with van der Waals surface area (Å²) in [5.41, 5.74) is 0.799. The highest BCUT2D eigenvalue weighted by Gasteiger charge is 2.08. The van der Waals surface area contributed by atoms with Crippen molar-refractivity contribution in [1.29, 1.82) is 0 Å². The minimum Gasteiger partial charge on any atom is -0.475 e. The third-order valence-corrected chi connectivity index (χ3v) is 2.15. The van der Waals surface area contributed by atoms with Gasteiger partial charge in [-0.15, -0.1) is 0 Å².